The zero-order chi connectivity index (χ0) is 18.4. The summed E-state index contributed by atoms with van der Waals surface area (Å²) in [6.45, 7) is 0.461. The topological polar surface area (TPSA) is 93.2 Å². The third kappa shape index (κ3) is 5.18. The molecular weight excluding hydrogens is 372 g/mol. The van der Waals surface area contributed by atoms with Crippen molar-refractivity contribution in [1.82, 2.24) is 15.5 Å². The van der Waals surface area contributed by atoms with Gasteiger partial charge in [0.25, 0.3) is 0 Å². The van der Waals surface area contributed by atoms with Crippen LogP contribution in [-0.2, 0) is 16.1 Å². The molecule has 0 radical (unpaired) electrons. The van der Waals surface area contributed by atoms with Crippen molar-refractivity contribution in [3.05, 3.63) is 29.8 Å². The maximum absolute atomic E-state index is 12.0. The average molecular weight is 393 g/mol. The maximum Gasteiger partial charge on any atom is 0.230 e. The molecule has 1 aliphatic carbocycles. The quantitative estimate of drug-likeness (QED) is 0.530. The summed E-state index contributed by atoms with van der Waals surface area (Å²) in [6, 6.07) is 7.54. The standard InChI is InChI=1S/C17H20N4O3S2/c1-24-13-7-5-11(6-8-13)9-18-14(22)10-25-17-21-20-16(26-17)19-15(23)12-3-2-4-12/h5-8,12H,2-4,9-10H2,1H3,(H,18,22)(H,19,20,23). The number of nitrogens with zero attached hydrogens (tertiary/aromatic N) is 2. The molecule has 26 heavy (non-hydrogen) atoms. The number of nitrogens with one attached hydrogen (secondary N) is 2. The summed E-state index contributed by atoms with van der Waals surface area (Å²) < 4.78 is 5.76. The van der Waals surface area contributed by atoms with Gasteiger partial charge in [0, 0.05) is 12.5 Å². The Morgan fingerprint density at radius 1 is 1.27 bits per heavy atom. The van der Waals surface area contributed by atoms with Gasteiger partial charge in [0.1, 0.15) is 5.75 Å². The van der Waals surface area contributed by atoms with Gasteiger partial charge in [0.05, 0.1) is 12.9 Å². The summed E-state index contributed by atoms with van der Waals surface area (Å²) in [6.07, 6.45) is 3.00. The van der Waals surface area contributed by atoms with Crippen molar-refractivity contribution in [2.75, 3.05) is 18.2 Å². The zero-order valence-electron chi connectivity index (χ0n) is 14.4. The predicted octanol–water partition coefficient (Wildman–Crippen LogP) is 2.69. The maximum atomic E-state index is 12.0. The third-order valence-corrected chi connectivity index (χ3v) is 6.06. The first-order chi connectivity index (χ1) is 12.6. The van der Waals surface area contributed by atoms with Crippen LogP contribution in [0.1, 0.15) is 24.8 Å². The van der Waals surface area contributed by atoms with E-state index in [1.54, 1.807) is 7.11 Å². The van der Waals surface area contributed by atoms with Crippen LogP contribution in [0, 0.1) is 5.92 Å². The lowest BCUT2D eigenvalue weighted by atomic mass is 9.85. The van der Waals surface area contributed by atoms with Crippen LogP contribution in [-0.4, -0.2) is 34.9 Å². The Balaban J connectivity index is 1.39. The number of hydrogen-bond donors (Lipinski definition) is 2. The summed E-state index contributed by atoms with van der Waals surface area (Å²) in [5.41, 5.74) is 1.00. The van der Waals surface area contributed by atoms with Gasteiger partial charge in [0.15, 0.2) is 4.34 Å². The minimum atomic E-state index is -0.0823. The number of amides is 2. The Hall–Kier alpha value is -2.13. The van der Waals surface area contributed by atoms with Crippen molar-refractivity contribution in [2.24, 2.45) is 5.92 Å². The molecule has 2 aromatic rings. The molecule has 1 saturated carbocycles. The molecule has 1 fully saturated rings. The predicted molar refractivity (Wildman–Crippen MR) is 101 cm³/mol. The van der Waals surface area contributed by atoms with Gasteiger partial charge < -0.3 is 15.4 Å². The normalized spacial score (nSPS) is 13.7. The van der Waals surface area contributed by atoms with E-state index in [-0.39, 0.29) is 23.5 Å². The van der Waals surface area contributed by atoms with Crippen molar-refractivity contribution in [1.29, 1.82) is 0 Å². The monoisotopic (exact) mass is 392 g/mol. The highest BCUT2D eigenvalue weighted by molar-refractivity contribution is 8.01. The third-order valence-electron chi connectivity index (χ3n) is 4.09. The molecule has 0 atom stereocenters. The summed E-state index contributed by atoms with van der Waals surface area (Å²) in [5, 5.41) is 14.1. The highest BCUT2D eigenvalue weighted by atomic mass is 32.2. The molecule has 138 valence electrons. The van der Waals surface area contributed by atoms with E-state index in [4.69, 9.17) is 4.74 Å². The van der Waals surface area contributed by atoms with Gasteiger partial charge in [-0.15, -0.1) is 10.2 Å². The molecule has 7 nitrogen and oxygen atoms in total. The first-order valence-electron chi connectivity index (χ1n) is 8.31. The lowest BCUT2D eigenvalue weighted by molar-refractivity contribution is -0.122. The second-order valence-corrected chi connectivity index (χ2v) is 8.10. The van der Waals surface area contributed by atoms with Gasteiger partial charge in [-0.05, 0) is 30.5 Å². The number of anilines is 1. The Bertz CT molecular complexity index is 760. The first kappa shape index (κ1) is 18.7. The van der Waals surface area contributed by atoms with Gasteiger partial charge in [0.2, 0.25) is 16.9 Å². The molecule has 1 heterocycles. The Kier molecular flexibility index (Phi) is 6.45. The molecule has 1 aliphatic rings. The number of carbonyl (C=O) groups is 2. The van der Waals surface area contributed by atoms with Crippen LogP contribution in [0.4, 0.5) is 5.13 Å². The Morgan fingerprint density at radius 3 is 2.69 bits per heavy atom. The molecule has 0 saturated heterocycles. The van der Waals surface area contributed by atoms with E-state index in [0.717, 1.165) is 30.6 Å². The number of thioether (sulfide) groups is 1. The molecule has 0 aliphatic heterocycles. The van der Waals surface area contributed by atoms with E-state index in [9.17, 15) is 9.59 Å². The van der Waals surface area contributed by atoms with Gasteiger partial charge in [-0.3, -0.25) is 9.59 Å². The lowest BCUT2D eigenvalue weighted by Crippen LogP contribution is -2.27. The van der Waals surface area contributed by atoms with E-state index in [1.807, 2.05) is 24.3 Å². The van der Waals surface area contributed by atoms with Crippen molar-refractivity contribution in [2.45, 2.75) is 30.1 Å². The largest absolute Gasteiger partial charge is 0.497 e. The molecule has 9 heteroatoms. The minimum absolute atomic E-state index is 0.0150. The van der Waals surface area contributed by atoms with Gasteiger partial charge in [-0.1, -0.05) is 41.7 Å². The van der Waals surface area contributed by atoms with Crippen LogP contribution in [0.3, 0.4) is 0 Å². The Labute approximate surface area is 159 Å². The molecule has 0 unspecified atom stereocenters. The summed E-state index contributed by atoms with van der Waals surface area (Å²) >= 11 is 2.60. The average Bonchev–Trinajstić information content (AvgIpc) is 3.04. The first-order valence-corrected chi connectivity index (χ1v) is 10.1. The minimum Gasteiger partial charge on any atom is -0.497 e. The number of benzene rings is 1. The SMILES string of the molecule is COc1ccc(CNC(=O)CSc2nnc(NC(=O)C3CCC3)s2)cc1. The molecule has 0 spiro atoms. The number of methoxy groups -OCH3 is 1. The van der Waals surface area contributed by atoms with Crippen LogP contribution >= 0.6 is 23.1 Å². The highest BCUT2D eigenvalue weighted by Gasteiger charge is 2.26. The Morgan fingerprint density at radius 2 is 2.04 bits per heavy atom. The van der Waals surface area contributed by atoms with Crippen LogP contribution < -0.4 is 15.4 Å². The zero-order valence-corrected chi connectivity index (χ0v) is 16.0. The van der Waals surface area contributed by atoms with E-state index in [1.165, 1.54) is 23.1 Å². The molecular formula is C17H20N4O3S2. The second-order valence-electron chi connectivity index (χ2n) is 5.90. The van der Waals surface area contributed by atoms with E-state index in [0.29, 0.717) is 16.0 Å². The number of carbonyl (C=O) groups excluding carboxylic acids is 2. The lowest BCUT2D eigenvalue weighted by Gasteiger charge is -2.23. The number of aromatic nitrogens is 2. The fourth-order valence-corrected chi connectivity index (χ4v) is 3.90. The van der Waals surface area contributed by atoms with Gasteiger partial charge in [-0.25, -0.2) is 0 Å². The van der Waals surface area contributed by atoms with Crippen molar-refractivity contribution in [3.8, 4) is 5.75 Å². The smallest absolute Gasteiger partial charge is 0.230 e. The molecule has 1 aromatic heterocycles. The van der Waals surface area contributed by atoms with Gasteiger partial charge >= 0.3 is 0 Å². The van der Waals surface area contributed by atoms with Crippen LogP contribution in [0.2, 0.25) is 0 Å². The summed E-state index contributed by atoms with van der Waals surface area (Å²) in [7, 11) is 1.62. The van der Waals surface area contributed by atoms with E-state index < -0.39 is 0 Å². The number of rotatable bonds is 8. The second kappa shape index (κ2) is 9.00. The molecule has 1 aromatic carbocycles. The van der Waals surface area contributed by atoms with E-state index >= 15 is 0 Å². The van der Waals surface area contributed by atoms with Crippen LogP contribution in [0.5, 0.6) is 5.75 Å². The van der Waals surface area contributed by atoms with E-state index in [2.05, 4.69) is 20.8 Å². The van der Waals surface area contributed by atoms with Gasteiger partial charge in [-0.2, -0.15) is 0 Å². The van der Waals surface area contributed by atoms with Crippen molar-refractivity contribution >= 4 is 40.0 Å². The summed E-state index contributed by atoms with van der Waals surface area (Å²) in [4.78, 5) is 23.8. The summed E-state index contributed by atoms with van der Waals surface area (Å²) in [5.74, 6) is 1.08. The molecule has 3 rings (SSSR count). The number of hydrogen-bond acceptors (Lipinski definition) is 7. The fraction of sp³-hybridized carbons (Fsp3) is 0.412. The highest BCUT2D eigenvalue weighted by Crippen LogP contribution is 2.29. The molecule has 2 amide bonds. The van der Waals surface area contributed by atoms with Crippen LogP contribution in [0.15, 0.2) is 28.6 Å². The molecule has 2 N–H and O–H groups in total. The van der Waals surface area contributed by atoms with Crippen LogP contribution in [0.25, 0.3) is 0 Å². The van der Waals surface area contributed by atoms with Crippen molar-refractivity contribution in [3.63, 3.8) is 0 Å². The fourth-order valence-electron chi connectivity index (χ4n) is 2.32. The van der Waals surface area contributed by atoms with Crippen molar-refractivity contribution < 1.29 is 14.3 Å². The number of ether oxygens (including phenoxy) is 1. The molecule has 0 bridgehead atoms.